The molecule has 0 bridgehead atoms. The Morgan fingerprint density at radius 3 is 2.24 bits per heavy atom. The van der Waals surface area contributed by atoms with Gasteiger partial charge in [0.1, 0.15) is 0 Å². The number of carbonyl (C=O) groups excluding carboxylic acids is 1. The van der Waals surface area contributed by atoms with Gasteiger partial charge in [0, 0.05) is 44.0 Å². The number of carbonyl (C=O) groups is 1. The van der Waals surface area contributed by atoms with E-state index < -0.39 is 28.3 Å². The van der Waals surface area contributed by atoms with Crippen molar-refractivity contribution in [2.45, 2.75) is 13.1 Å². The number of amides is 1. The molecule has 3 aromatic rings. The van der Waals surface area contributed by atoms with Crippen molar-refractivity contribution in [3.63, 3.8) is 0 Å². The average molecular weight is 459 g/mol. The molecular weight excluding hydrogens is 439 g/mol. The summed E-state index contributed by atoms with van der Waals surface area (Å²) in [4.78, 5) is 26.7. The van der Waals surface area contributed by atoms with Crippen LogP contribution in [-0.2, 0) is 6.18 Å². The van der Waals surface area contributed by atoms with E-state index in [2.05, 4.69) is 5.10 Å². The lowest BCUT2D eigenvalue weighted by atomic mass is 10.1. The van der Waals surface area contributed by atoms with E-state index in [1.165, 1.54) is 23.1 Å². The van der Waals surface area contributed by atoms with Crippen LogP contribution in [0.25, 0.3) is 5.69 Å². The van der Waals surface area contributed by atoms with Crippen molar-refractivity contribution < 1.29 is 22.9 Å². The topological polar surface area (TPSA) is 84.5 Å². The zero-order chi connectivity index (χ0) is 23.8. The summed E-state index contributed by atoms with van der Waals surface area (Å²) in [6.45, 7) is 2.87. The number of alkyl halides is 3. The van der Waals surface area contributed by atoms with Gasteiger partial charge in [-0.3, -0.25) is 14.9 Å². The van der Waals surface area contributed by atoms with Gasteiger partial charge in [0.25, 0.3) is 11.6 Å². The maximum absolute atomic E-state index is 14.0. The second-order valence-electron chi connectivity index (χ2n) is 7.66. The third kappa shape index (κ3) is 4.38. The van der Waals surface area contributed by atoms with E-state index in [1.54, 1.807) is 37.3 Å². The molecule has 0 saturated carbocycles. The molecule has 2 heterocycles. The minimum atomic E-state index is -4.77. The van der Waals surface area contributed by atoms with E-state index in [-0.39, 0.29) is 24.5 Å². The van der Waals surface area contributed by atoms with Crippen LogP contribution < -0.4 is 4.90 Å². The van der Waals surface area contributed by atoms with Crippen LogP contribution in [0.2, 0.25) is 0 Å². The number of hydrogen-bond donors (Lipinski definition) is 0. The highest BCUT2D eigenvalue weighted by Gasteiger charge is 2.42. The van der Waals surface area contributed by atoms with Gasteiger partial charge in [-0.2, -0.15) is 18.3 Å². The molecule has 8 nitrogen and oxygen atoms in total. The number of aromatic nitrogens is 2. The molecule has 2 aromatic carbocycles. The number of rotatable bonds is 4. The smallest absolute Gasteiger partial charge is 0.368 e. The number of nitrogens with zero attached hydrogens (tertiary/aromatic N) is 5. The summed E-state index contributed by atoms with van der Waals surface area (Å²) in [7, 11) is 0. The van der Waals surface area contributed by atoms with Gasteiger partial charge in [0.2, 0.25) is 0 Å². The number of non-ortho nitro benzene ring substituents is 1. The van der Waals surface area contributed by atoms with E-state index in [1.807, 2.05) is 4.90 Å². The fourth-order valence-electron chi connectivity index (χ4n) is 3.88. The van der Waals surface area contributed by atoms with Gasteiger partial charge in [-0.25, -0.2) is 4.68 Å². The molecule has 1 aliphatic heterocycles. The molecule has 0 atom stereocenters. The Balaban J connectivity index is 1.54. The summed E-state index contributed by atoms with van der Waals surface area (Å²) in [6, 6.07) is 12.5. The maximum atomic E-state index is 14.0. The summed E-state index contributed by atoms with van der Waals surface area (Å²) in [6.07, 6.45) is -3.80. The number of aryl methyl sites for hydroxylation is 1. The highest BCUT2D eigenvalue weighted by molar-refractivity contribution is 5.95. The molecule has 1 aromatic heterocycles. The van der Waals surface area contributed by atoms with E-state index in [0.717, 1.165) is 16.6 Å². The Hall–Kier alpha value is -3.89. The first-order chi connectivity index (χ1) is 15.7. The molecule has 1 fully saturated rings. The number of para-hydroxylation sites is 1. The van der Waals surface area contributed by atoms with Crippen molar-refractivity contribution in [2.75, 3.05) is 31.1 Å². The van der Waals surface area contributed by atoms with E-state index in [9.17, 15) is 28.1 Å². The summed E-state index contributed by atoms with van der Waals surface area (Å²) in [5, 5.41) is 14.7. The standard InChI is InChI=1S/C22H20F3N5O3/c1-15-4-2-3-5-19(15)29-20(22(23,24)25)18(14-26-29)21(31)28-12-10-27(11-13-28)16-6-8-17(9-7-16)30(32)33/h2-9,14H,10-13H2,1H3. The molecular formula is C22H20F3N5O3. The van der Waals surface area contributed by atoms with Crippen LogP contribution in [0.4, 0.5) is 24.5 Å². The second kappa shape index (κ2) is 8.57. The Kier molecular flexibility index (Phi) is 5.79. The first kappa shape index (κ1) is 22.3. The molecule has 0 radical (unpaired) electrons. The Morgan fingerprint density at radius 1 is 1.03 bits per heavy atom. The monoisotopic (exact) mass is 459 g/mol. The first-order valence-electron chi connectivity index (χ1n) is 10.2. The van der Waals surface area contributed by atoms with Crippen molar-refractivity contribution in [3.8, 4) is 5.69 Å². The first-order valence-corrected chi connectivity index (χ1v) is 10.2. The lowest BCUT2D eigenvalue weighted by molar-refractivity contribution is -0.384. The molecule has 4 rings (SSSR count). The van der Waals surface area contributed by atoms with Crippen molar-refractivity contribution in [2.24, 2.45) is 0 Å². The zero-order valence-electron chi connectivity index (χ0n) is 17.6. The SMILES string of the molecule is Cc1ccccc1-n1ncc(C(=O)N2CCN(c3ccc([N+](=O)[O-])cc3)CC2)c1C(F)(F)F. The van der Waals surface area contributed by atoms with Crippen molar-refractivity contribution in [1.29, 1.82) is 0 Å². The van der Waals surface area contributed by atoms with Crippen LogP contribution in [-0.4, -0.2) is 51.7 Å². The number of hydrogen-bond acceptors (Lipinski definition) is 5. The lowest BCUT2D eigenvalue weighted by Gasteiger charge is -2.36. The number of nitro benzene ring substituents is 1. The largest absolute Gasteiger partial charge is 0.434 e. The van der Waals surface area contributed by atoms with Crippen LogP contribution in [0, 0.1) is 17.0 Å². The van der Waals surface area contributed by atoms with Gasteiger partial charge < -0.3 is 9.80 Å². The molecule has 1 aliphatic rings. The third-order valence-corrected chi connectivity index (χ3v) is 5.60. The molecule has 1 amide bonds. The van der Waals surface area contributed by atoms with Crippen LogP contribution in [0.3, 0.4) is 0 Å². The van der Waals surface area contributed by atoms with Crippen LogP contribution >= 0.6 is 0 Å². The molecule has 0 N–H and O–H groups in total. The molecule has 1 saturated heterocycles. The van der Waals surface area contributed by atoms with Gasteiger partial charge in [0.15, 0.2) is 5.69 Å². The van der Waals surface area contributed by atoms with Gasteiger partial charge in [-0.1, -0.05) is 18.2 Å². The number of anilines is 1. The lowest BCUT2D eigenvalue weighted by Crippen LogP contribution is -2.49. The highest BCUT2D eigenvalue weighted by atomic mass is 19.4. The summed E-state index contributed by atoms with van der Waals surface area (Å²) >= 11 is 0. The summed E-state index contributed by atoms with van der Waals surface area (Å²) in [5.74, 6) is -0.731. The molecule has 0 spiro atoms. The fourth-order valence-corrected chi connectivity index (χ4v) is 3.88. The van der Waals surface area contributed by atoms with Gasteiger partial charge in [-0.15, -0.1) is 0 Å². The minimum absolute atomic E-state index is 0.0297. The molecule has 0 aliphatic carbocycles. The normalized spacial score (nSPS) is 14.4. The Labute approximate surface area is 187 Å². The predicted octanol–water partition coefficient (Wildman–Crippen LogP) is 4.07. The van der Waals surface area contributed by atoms with E-state index >= 15 is 0 Å². The second-order valence-corrected chi connectivity index (χ2v) is 7.66. The molecule has 172 valence electrons. The minimum Gasteiger partial charge on any atom is -0.368 e. The summed E-state index contributed by atoms with van der Waals surface area (Å²) < 4.78 is 42.7. The van der Waals surface area contributed by atoms with Gasteiger partial charge >= 0.3 is 6.18 Å². The quantitative estimate of drug-likeness (QED) is 0.434. The predicted molar refractivity (Wildman–Crippen MR) is 115 cm³/mol. The number of nitro groups is 1. The van der Waals surface area contributed by atoms with Crippen molar-refractivity contribution in [1.82, 2.24) is 14.7 Å². The summed E-state index contributed by atoms with van der Waals surface area (Å²) in [5.41, 5.74) is -0.0169. The number of halogens is 3. The molecule has 11 heteroatoms. The maximum Gasteiger partial charge on any atom is 0.434 e. The molecule has 33 heavy (non-hydrogen) atoms. The molecule has 0 unspecified atom stereocenters. The number of benzene rings is 2. The van der Waals surface area contributed by atoms with Crippen molar-refractivity contribution >= 4 is 17.3 Å². The third-order valence-electron chi connectivity index (χ3n) is 5.60. The average Bonchev–Trinajstić information content (AvgIpc) is 3.25. The van der Waals surface area contributed by atoms with Crippen molar-refractivity contribution in [3.05, 3.63) is 81.7 Å². The van der Waals surface area contributed by atoms with Crippen LogP contribution in [0.1, 0.15) is 21.6 Å². The van der Waals surface area contributed by atoms with Crippen LogP contribution in [0.15, 0.2) is 54.7 Å². The van der Waals surface area contributed by atoms with E-state index in [4.69, 9.17) is 0 Å². The van der Waals surface area contributed by atoms with Crippen LogP contribution in [0.5, 0.6) is 0 Å². The highest BCUT2D eigenvalue weighted by Crippen LogP contribution is 2.35. The Bertz CT molecular complexity index is 1180. The number of piperazine rings is 1. The van der Waals surface area contributed by atoms with Gasteiger partial charge in [-0.05, 0) is 30.7 Å². The van der Waals surface area contributed by atoms with E-state index in [0.29, 0.717) is 18.7 Å². The zero-order valence-corrected chi connectivity index (χ0v) is 17.6. The fraction of sp³-hybridized carbons (Fsp3) is 0.273. The Morgan fingerprint density at radius 2 is 1.67 bits per heavy atom. The van der Waals surface area contributed by atoms with Gasteiger partial charge in [0.05, 0.1) is 22.4 Å².